The molecule has 0 N–H and O–H groups in total. The Hall–Kier alpha value is -3.38. The first-order valence-corrected chi connectivity index (χ1v) is 13.4. The number of carbonyl (C=O) groups excluding carboxylic acids is 3. The molecule has 5 heterocycles. The lowest BCUT2D eigenvalue weighted by Crippen LogP contribution is -2.65. The number of carbonyl (C=O) groups is 3. The van der Waals surface area contributed by atoms with Crippen LogP contribution in [-0.4, -0.2) is 95.4 Å². The molecular weight excluding hydrogens is 488 g/mol. The van der Waals surface area contributed by atoms with E-state index in [-0.39, 0.29) is 41.2 Å². The summed E-state index contributed by atoms with van der Waals surface area (Å²) < 4.78 is 1.60. The van der Waals surface area contributed by atoms with Gasteiger partial charge in [-0.05, 0) is 57.7 Å². The van der Waals surface area contributed by atoms with Gasteiger partial charge in [0.1, 0.15) is 18.1 Å². The van der Waals surface area contributed by atoms with Gasteiger partial charge < -0.3 is 9.80 Å². The van der Waals surface area contributed by atoms with E-state index in [0.29, 0.717) is 18.5 Å². The van der Waals surface area contributed by atoms with Crippen LogP contribution in [0.25, 0.3) is 5.65 Å². The van der Waals surface area contributed by atoms with Gasteiger partial charge in [-0.1, -0.05) is 27.7 Å². The Morgan fingerprint density at radius 1 is 1.08 bits per heavy atom. The summed E-state index contributed by atoms with van der Waals surface area (Å²) >= 11 is 0. The van der Waals surface area contributed by atoms with Crippen LogP contribution >= 0.6 is 0 Å². The van der Waals surface area contributed by atoms with Gasteiger partial charge in [0, 0.05) is 12.2 Å². The number of fused-ring (bicyclic) bond motifs is 2. The number of aromatic nitrogens is 4. The molecule has 0 spiro atoms. The highest BCUT2D eigenvalue weighted by atomic mass is 16.7. The van der Waals surface area contributed by atoms with E-state index in [1.165, 1.54) is 23.6 Å². The number of rotatable bonds is 6. The van der Waals surface area contributed by atoms with Gasteiger partial charge >= 0.3 is 5.91 Å². The summed E-state index contributed by atoms with van der Waals surface area (Å²) in [5.74, 6) is -0.374. The Morgan fingerprint density at radius 3 is 2.47 bits per heavy atom. The molecule has 3 aliphatic heterocycles. The number of hydrogen-bond acceptors (Lipinski definition) is 8. The molecule has 0 saturated carbocycles. The van der Waals surface area contributed by atoms with Crippen LogP contribution in [0.2, 0.25) is 0 Å². The molecule has 3 aliphatic rings. The van der Waals surface area contributed by atoms with Gasteiger partial charge in [-0.3, -0.25) is 28.5 Å². The minimum atomic E-state index is -0.896. The summed E-state index contributed by atoms with van der Waals surface area (Å²) in [4.78, 5) is 57.5. The molecule has 12 heteroatoms. The molecule has 0 aromatic carbocycles. The minimum absolute atomic E-state index is 0.0186. The number of amides is 3. The fourth-order valence-corrected chi connectivity index (χ4v) is 5.38. The zero-order valence-corrected chi connectivity index (χ0v) is 22.6. The summed E-state index contributed by atoms with van der Waals surface area (Å²) in [5, 5.41) is 8.96. The Labute approximate surface area is 222 Å². The third-order valence-corrected chi connectivity index (χ3v) is 7.35. The molecular formula is C26H36N8O4. The van der Waals surface area contributed by atoms with E-state index in [0.717, 1.165) is 31.0 Å². The van der Waals surface area contributed by atoms with Crippen LogP contribution in [0.4, 0.5) is 0 Å². The number of nitrogens with zero attached hydrogens (tertiary/aromatic N) is 8. The van der Waals surface area contributed by atoms with E-state index in [2.05, 4.69) is 27.1 Å². The van der Waals surface area contributed by atoms with Crippen LogP contribution in [0.3, 0.4) is 0 Å². The maximum atomic E-state index is 13.9. The standard InChI is InChI=1S/C26H36N8O4/c1-16(2)10-20-25(36)32(18-6-8-30(5)9-7-18)14-23-33(20)26(37)21(11-17(3)4)38-34(23)24(35)19-13-31-15-28-29-22(31)12-27-19/h12-18,20-21H,6-11H2,1-5H3/t20-,21+/m0/s1. The topological polar surface area (TPSA) is 116 Å². The molecule has 0 aliphatic carbocycles. The summed E-state index contributed by atoms with van der Waals surface area (Å²) in [6.07, 6.45) is 7.73. The predicted octanol–water partition coefficient (Wildman–Crippen LogP) is 1.91. The molecule has 2 atom stereocenters. The van der Waals surface area contributed by atoms with Crippen molar-refractivity contribution in [3.05, 3.63) is 36.4 Å². The van der Waals surface area contributed by atoms with Crippen molar-refractivity contribution in [1.82, 2.24) is 39.3 Å². The van der Waals surface area contributed by atoms with E-state index in [9.17, 15) is 14.4 Å². The van der Waals surface area contributed by atoms with Gasteiger partial charge in [-0.15, -0.1) is 10.2 Å². The van der Waals surface area contributed by atoms with Crippen molar-refractivity contribution in [2.75, 3.05) is 20.1 Å². The second-order valence-electron chi connectivity index (χ2n) is 11.3. The van der Waals surface area contributed by atoms with Crippen molar-refractivity contribution in [1.29, 1.82) is 0 Å². The molecule has 12 nitrogen and oxygen atoms in total. The molecule has 0 bridgehead atoms. The van der Waals surface area contributed by atoms with Crippen molar-refractivity contribution in [3.63, 3.8) is 0 Å². The summed E-state index contributed by atoms with van der Waals surface area (Å²) in [5.41, 5.74) is 0.613. The zero-order chi connectivity index (χ0) is 27.1. The Bertz CT molecular complexity index is 1250. The molecule has 2 saturated heterocycles. The highest BCUT2D eigenvalue weighted by Crippen LogP contribution is 2.36. The van der Waals surface area contributed by atoms with Gasteiger partial charge in [-0.25, -0.2) is 4.98 Å². The van der Waals surface area contributed by atoms with E-state index in [1.54, 1.807) is 15.5 Å². The van der Waals surface area contributed by atoms with Crippen LogP contribution in [0.15, 0.2) is 30.7 Å². The average molecular weight is 525 g/mol. The van der Waals surface area contributed by atoms with E-state index in [4.69, 9.17) is 4.84 Å². The molecule has 38 heavy (non-hydrogen) atoms. The molecule has 0 unspecified atom stereocenters. The number of hydroxylamine groups is 2. The minimum Gasteiger partial charge on any atom is -0.310 e. The second-order valence-corrected chi connectivity index (χ2v) is 11.3. The first-order chi connectivity index (χ1) is 18.1. The lowest BCUT2D eigenvalue weighted by atomic mass is 9.95. The fraction of sp³-hybridized carbons (Fsp3) is 0.615. The molecule has 5 rings (SSSR count). The van der Waals surface area contributed by atoms with Crippen LogP contribution in [0, 0.1) is 11.8 Å². The lowest BCUT2D eigenvalue weighted by molar-refractivity contribution is -0.211. The normalized spacial score (nSPS) is 23.6. The number of piperidine rings is 1. The lowest BCUT2D eigenvalue weighted by Gasteiger charge is -2.49. The first-order valence-electron chi connectivity index (χ1n) is 13.4. The molecule has 2 aromatic heterocycles. The smallest absolute Gasteiger partial charge is 0.303 e. The van der Waals surface area contributed by atoms with Gasteiger partial charge in [0.2, 0.25) is 5.91 Å². The van der Waals surface area contributed by atoms with Gasteiger partial charge in [-0.2, -0.15) is 5.06 Å². The van der Waals surface area contributed by atoms with Crippen molar-refractivity contribution < 1.29 is 19.2 Å². The third-order valence-electron chi connectivity index (χ3n) is 7.35. The van der Waals surface area contributed by atoms with E-state index in [1.807, 2.05) is 27.7 Å². The number of likely N-dealkylation sites (tertiary alicyclic amines) is 1. The predicted molar refractivity (Wildman–Crippen MR) is 137 cm³/mol. The average Bonchev–Trinajstić information content (AvgIpc) is 3.35. The molecule has 204 valence electrons. The van der Waals surface area contributed by atoms with Crippen molar-refractivity contribution >= 4 is 23.4 Å². The zero-order valence-electron chi connectivity index (χ0n) is 22.6. The molecule has 0 radical (unpaired) electrons. The molecule has 3 amide bonds. The number of hydrogen-bond donors (Lipinski definition) is 0. The van der Waals surface area contributed by atoms with E-state index < -0.39 is 18.1 Å². The largest absolute Gasteiger partial charge is 0.310 e. The van der Waals surface area contributed by atoms with Crippen molar-refractivity contribution in [3.8, 4) is 0 Å². The van der Waals surface area contributed by atoms with Gasteiger partial charge in [0.15, 0.2) is 17.6 Å². The first kappa shape index (κ1) is 26.2. The molecule has 2 fully saturated rings. The highest BCUT2D eigenvalue weighted by molar-refractivity contribution is 5.97. The van der Waals surface area contributed by atoms with Crippen LogP contribution in [0.5, 0.6) is 0 Å². The van der Waals surface area contributed by atoms with Crippen LogP contribution < -0.4 is 0 Å². The Morgan fingerprint density at radius 2 is 1.79 bits per heavy atom. The van der Waals surface area contributed by atoms with Gasteiger partial charge in [0.25, 0.3) is 5.91 Å². The van der Waals surface area contributed by atoms with Gasteiger partial charge in [0.05, 0.1) is 12.4 Å². The van der Waals surface area contributed by atoms with Crippen LogP contribution in [-0.2, 0) is 14.4 Å². The second kappa shape index (κ2) is 10.4. The maximum absolute atomic E-state index is 13.9. The summed E-state index contributed by atoms with van der Waals surface area (Å²) in [6, 6.07) is -0.737. The highest BCUT2D eigenvalue weighted by Gasteiger charge is 2.50. The Kier molecular flexibility index (Phi) is 7.19. The Balaban J connectivity index is 1.58. The van der Waals surface area contributed by atoms with Crippen molar-refractivity contribution in [2.24, 2.45) is 11.8 Å². The summed E-state index contributed by atoms with van der Waals surface area (Å²) in [7, 11) is 2.07. The monoisotopic (exact) mass is 524 g/mol. The fourth-order valence-electron chi connectivity index (χ4n) is 5.38. The van der Waals surface area contributed by atoms with E-state index >= 15 is 0 Å². The summed E-state index contributed by atoms with van der Waals surface area (Å²) in [6.45, 7) is 9.78. The maximum Gasteiger partial charge on any atom is 0.303 e. The third kappa shape index (κ3) is 4.90. The van der Waals surface area contributed by atoms with Crippen molar-refractivity contribution in [2.45, 2.75) is 71.6 Å². The SMILES string of the molecule is CC(C)C[C@H]1ON(C(=O)c2cn3cnnc3cn2)C2=CN(C3CCN(C)CC3)C(=O)[C@H](CC(C)C)N2C1=O. The van der Waals surface area contributed by atoms with Crippen LogP contribution in [0.1, 0.15) is 63.9 Å². The quantitative estimate of drug-likeness (QED) is 0.563. The molecule has 2 aromatic rings.